The van der Waals surface area contributed by atoms with Gasteiger partial charge in [-0.2, -0.15) is 5.26 Å². The van der Waals surface area contributed by atoms with Crippen LogP contribution in [0.25, 0.3) is 0 Å². The molecule has 0 aromatic heterocycles. The molecule has 148 valence electrons. The van der Waals surface area contributed by atoms with Crippen molar-refractivity contribution in [3.63, 3.8) is 0 Å². The zero-order valence-electron chi connectivity index (χ0n) is 16.1. The number of β-amino-alcohol motifs (C(OH)–C–C–N with tert-alkyl or cyclic N) is 1. The maximum absolute atomic E-state index is 11.2. The van der Waals surface area contributed by atoms with E-state index in [0.29, 0.717) is 19.4 Å². The second-order valence-corrected chi connectivity index (χ2v) is 7.64. The van der Waals surface area contributed by atoms with Crippen LogP contribution in [0.15, 0.2) is 30.3 Å². The Kier molecular flexibility index (Phi) is 8.08. The highest BCUT2D eigenvalue weighted by atomic mass is 16.4. The number of likely N-dealkylation sites (N-methyl/N-ethyl adjacent to an activating group) is 1. The normalized spacial score (nSPS) is 18.4. The lowest BCUT2D eigenvalue weighted by Gasteiger charge is -2.46. The Labute approximate surface area is 161 Å². The van der Waals surface area contributed by atoms with Gasteiger partial charge < -0.3 is 15.5 Å². The van der Waals surface area contributed by atoms with E-state index in [-0.39, 0.29) is 5.54 Å². The molecule has 0 unspecified atom stereocenters. The number of aliphatic hydroxyl groups is 1. The smallest absolute Gasteiger partial charge is 0.404 e. The van der Waals surface area contributed by atoms with E-state index in [1.165, 1.54) is 6.42 Å². The molecule has 2 rings (SSSR count). The molecule has 6 heteroatoms. The molecule has 6 nitrogen and oxygen atoms in total. The van der Waals surface area contributed by atoms with Crippen LogP contribution in [0.5, 0.6) is 0 Å². The van der Waals surface area contributed by atoms with Gasteiger partial charge in [0.1, 0.15) is 0 Å². The van der Waals surface area contributed by atoms with Crippen LogP contribution in [0.1, 0.15) is 50.5 Å². The van der Waals surface area contributed by atoms with Gasteiger partial charge in [-0.15, -0.1) is 0 Å². The monoisotopic (exact) mass is 373 g/mol. The van der Waals surface area contributed by atoms with Crippen molar-refractivity contribution >= 4 is 6.09 Å². The van der Waals surface area contributed by atoms with Crippen molar-refractivity contribution in [3.8, 4) is 6.07 Å². The van der Waals surface area contributed by atoms with Crippen molar-refractivity contribution in [1.82, 2.24) is 10.2 Å². The van der Waals surface area contributed by atoms with Crippen LogP contribution >= 0.6 is 0 Å². The molecular weight excluding hydrogens is 342 g/mol. The number of rotatable bonds is 9. The third-order valence-corrected chi connectivity index (χ3v) is 5.83. The lowest BCUT2D eigenvalue weighted by Crippen LogP contribution is -2.55. The van der Waals surface area contributed by atoms with E-state index < -0.39 is 18.2 Å². The van der Waals surface area contributed by atoms with Crippen LogP contribution in [0, 0.1) is 11.3 Å². The molecule has 1 aromatic carbocycles. The summed E-state index contributed by atoms with van der Waals surface area (Å²) in [5.74, 6) is 0. The van der Waals surface area contributed by atoms with Crippen molar-refractivity contribution in [3.05, 3.63) is 35.9 Å². The summed E-state index contributed by atoms with van der Waals surface area (Å²) in [7, 11) is 1.99. The Hall–Kier alpha value is -2.10. The summed E-state index contributed by atoms with van der Waals surface area (Å²) >= 11 is 0. The Morgan fingerprint density at radius 3 is 2.56 bits per heavy atom. The van der Waals surface area contributed by atoms with Gasteiger partial charge in [0.2, 0.25) is 0 Å². The summed E-state index contributed by atoms with van der Waals surface area (Å²) in [4.78, 5) is 13.4. The Morgan fingerprint density at radius 1 is 1.30 bits per heavy atom. The molecule has 0 bridgehead atoms. The second kappa shape index (κ2) is 10.3. The van der Waals surface area contributed by atoms with Gasteiger partial charge in [0.15, 0.2) is 0 Å². The molecule has 0 heterocycles. The zero-order chi connectivity index (χ0) is 19.7. The largest absolute Gasteiger partial charge is 0.465 e. The summed E-state index contributed by atoms with van der Waals surface area (Å²) in [6, 6.07) is 11.3. The third kappa shape index (κ3) is 6.23. The van der Waals surface area contributed by atoms with Gasteiger partial charge in [-0.05, 0) is 38.3 Å². The molecule has 1 aliphatic rings. The standard InChI is InChI=1S/C21H31N3O3/c1-24(21(13-8-14-22)11-6-3-7-12-21)16-19(25)18(23-20(26)27)15-17-9-4-2-5-10-17/h2,4-5,9-10,18-19,23,25H,3,6-8,11-13,15-16H2,1H3,(H,26,27)/t18-,19+/m0/s1. The van der Waals surface area contributed by atoms with E-state index in [9.17, 15) is 15.0 Å². The minimum Gasteiger partial charge on any atom is -0.465 e. The quantitative estimate of drug-likeness (QED) is 0.618. The highest BCUT2D eigenvalue weighted by Crippen LogP contribution is 2.36. The van der Waals surface area contributed by atoms with Gasteiger partial charge in [-0.1, -0.05) is 49.6 Å². The van der Waals surface area contributed by atoms with Crippen molar-refractivity contribution in [2.45, 2.75) is 69.1 Å². The fraction of sp³-hybridized carbons (Fsp3) is 0.619. The second-order valence-electron chi connectivity index (χ2n) is 7.64. The number of benzene rings is 1. The summed E-state index contributed by atoms with van der Waals surface area (Å²) in [5, 5.41) is 31.5. The highest BCUT2D eigenvalue weighted by molar-refractivity contribution is 5.65. The number of nitrogens with zero attached hydrogens (tertiary/aromatic N) is 2. The average Bonchev–Trinajstić information content (AvgIpc) is 2.67. The number of amides is 1. The fourth-order valence-electron chi connectivity index (χ4n) is 4.23. The summed E-state index contributed by atoms with van der Waals surface area (Å²) in [6.45, 7) is 0.378. The van der Waals surface area contributed by atoms with Crippen LogP contribution < -0.4 is 5.32 Å². The van der Waals surface area contributed by atoms with Gasteiger partial charge in [0, 0.05) is 18.5 Å². The highest BCUT2D eigenvalue weighted by Gasteiger charge is 2.37. The van der Waals surface area contributed by atoms with Crippen LogP contribution in [-0.2, 0) is 6.42 Å². The number of aliphatic hydroxyl groups excluding tert-OH is 1. The SMILES string of the molecule is CN(C[C@@H](O)[C@H](Cc1ccccc1)NC(=O)O)C1(CCC#N)CCCCC1. The first-order valence-electron chi connectivity index (χ1n) is 9.76. The number of carboxylic acid groups (broad SMARTS) is 1. The number of nitriles is 1. The molecule has 1 amide bonds. The third-order valence-electron chi connectivity index (χ3n) is 5.83. The van der Waals surface area contributed by atoms with E-state index >= 15 is 0 Å². The molecule has 0 radical (unpaired) electrons. The molecule has 27 heavy (non-hydrogen) atoms. The Balaban J connectivity index is 2.07. The number of hydrogen-bond acceptors (Lipinski definition) is 4. The minimum atomic E-state index is -1.13. The van der Waals surface area contributed by atoms with E-state index in [1.807, 2.05) is 37.4 Å². The predicted molar refractivity (Wildman–Crippen MR) is 104 cm³/mol. The van der Waals surface area contributed by atoms with Crippen molar-refractivity contribution < 1.29 is 15.0 Å². The van der Waals surface area contributed by atoms with Gasteiger partial charge in [-0.25, -0.2) is 4.79 Å². The lowest BCUT2D eigenvalue weighted by atomic mass is 9.77. The van der Waals surface area contributed by atoms with E-state index in [4.69, 9.17) is 5.26 Å². The van der Waals surface area contributed by atoms with Crippen LogP contribution in [-0.4, -0.2) is 52.5 Å². The van der Waals surface area contributed by atoms with E-state index in [0.717, 1.165) is 37.7 Å². The fourth-order valence-corrected chi connectivity index (χ4v) is 4.23. The Morgan fingerprint density at radius 2 is 1.96 bits per heavy atom. The van der Waals surface area contributed by atoms with Crippen molar-refractivity contribution in [2.75, 3.05) is 13.6 Å². The van der Waals surface area contributed by atoms with Crippen LogP contribution in [0.3, 0.4) is 0 Å². The van der Waals surface area contributed by atoms with Gasteiger partial charge in [0.25, 0.3) is 0 Å². The summed E-state index contributed by atoms with van der Waals surface area (Å²) in [5.41, 5.74) is 0.907. The first-order valence-corrected chi connectivity index (χ1v) is 9.76. The topological polar surface area (TPSA) is 96.6 Å². The minimum absolute atomic E-state index is 0.0739. The molecule has 1 saturated carbocycles. The van der Waals surface area contributed by atoms with Gasteiger partial charge in [0.05, 0.1) is 18.2 Å². The summed E-state index contributed by atoms with van der Waals surface area (Å²) < 4.78 is 0. The molecule has 0 saturated heterocycles. The molecule has 0 aliphatic heterocycles. The predicted octanol–water partition coefficient (Wildman–Crippen LogP) is 3.16. The molecule has 1 aromatic rings. The van der Waals surface area contributed by atoms with Gasteiger partial charge in [-0.3, -0.25) is 4.90 Å². The van der Waals surface area contributed by atoms with Gasteiger partial charge >= 0.3 is 6.09 Å². The molecule has 2 atom stereocenters. The molecule has 0 spiro atoms. The number of carbonyl (C=O) groups is 1. The number of hydrogen-bond donors (Lipinski definition) is 3. The maximum Gasteiger partial charge on any atom is 0.404 e. The lowest BCUT2D eigenvalue weighted by molar-refractivity contribution is 0.0120. The molecule has 1 fully saturated rings. The van der Waals surface area contributed by atoms with Crippen LogP contribution in [0.4, 0.5) is 4.79 Å². The molecule has 1 aliphatic carbocycles. The Bertz CT molecular complexity index is 623. The average molecular weight is 373 g/mol. The summed E-state index contributed by atoms with van der Waals surface area (Å²) in [6.07, 6.45) is 5.29. The van der Waals surface area contributed by atoms with Crippen LogP contribution in [0.2, 0.25) is 0 Å². The van der Waals surface area contributed by atoms with E-state index in [2.05, 4.69) is 16.3 Å². The number of nitrogens with one attached hydrogen (secondary N) is 1. The maximum atomic E-state index is 11.2. The molecular formula is C21H31N3O3. The zero-order valence-corrected chi connectivity index (χ0v) is 16.1. The first kappa shape index (κ1) is 21.2. The van der Waals surface area contributed by atoms with Crippen molar-refractivity contribution in [1.29, 1.82) is 5.26 Å². The first-order chi connectivity index (χ1) is 13.0. The van der Waals surface area contributed by atoms with Crippen molar-refractivity contribution in [2.24, 2.45) is 0 Å². The van der Waals surface area contributed by atoms with E-state index in [1.54, 1.807) is 0 Å². The molecule has 3 N–H and O–H groups in total.